The first-order valence-electron chi connectivity index (χ1n) is 0.868. The summed E-state index contributed by atoms with van der Waals surface area (Å²) in [5.74, 6) is 4.28. The fraction of sp³-hybridized carbons (Fsp3) is 0. The quantitative estimate of drug-likeness (QED) is 0.319. The van der Waals surface area contributed by atoms with E-state index in [1.54, 1.807) is 0 Å². The maximum absolute atomic E-state index is 7.75. The highest BCUT2D eigenvalue weighted by molar-refractivity contribution is 7.79. The maximum Gasteiger partial charge on any atom is 0.368 e. The van der Waals surface area contributed by atoms with Gasteiger partial charge in [-0.25, -0.2) is 0 Å². The minimum atomic E-state index is -0.634. The van der Waals surface area contributed by atoms with Crippen LogP contribution < -0.4 is 5.90 Å². The largest absolute Gasteiger partial charge is 0.471 e. The third-order valence-electron chi connectivity index (χ3n) is 0.101. The predicted molar refractivity (Wildman–Crippen MR) is 20.5 cm³/mol. The van der Waals surface area contributed by atoms with E-state index in [0.717, 1.165) is 0 Å². The summed E-state index contributed by atoms with van der Waals surface area (Å²) in [6, 6.07) is 0. The predicted octanol–water partition coefficient (Wildman–Crippen LogP) is -0.280. The van der Waals surface area contributed by atoms with E-state index < -0.39 is 5.24 Å². The molecule has 0 saturated carbocycles. The molecule has 3 nitrogen and oxygen atoms in total. The van der Waals surface area contributed by atoms with Crippen molar-refractivity contribution < 1.29 is 9.94 Å². The Morgan fingerprint density at radius 2 is 2.20 bits per heavy atom. The molecule has 3 N–H and O–H groups in total. The van der Waals surface area contributed by atoms with E-state index in [4.69, 9.17) is 5.11 Å². The Bertz CT molecular complexity index is 44.9. The molecule has 0 atom stereocenters. The second-order valence-electron chi connectivity index (χ2n) is 0.384. The van der Waals surface area contributed by atoms with Gasteiger partial charge in [0.2, 0.25) is 0 Å². The average molecular weight is 93.1 g/mol. The first kappa shape index (κ1) is 4.65. The second kappa shape index (κ2) is 1.92. The number of thiocarbonyl (C=S) groups is 1. The number of hydrogen-bond acceptors (Lipinski definition) is 3. The van der Waals surface area contributed by atoms with Crippen LogP contribution in [0.3, 0.4) is 0 Å². The van der Waals surface area contributed by atoms with Crippen molar-refractivity contribution in [3.63, 3.8) is 0 Å². The van der Waals surface area contributed by atoms with E-state index in [1.807, 2.05) is 0 Å². The molecule has 0 aromatic carbocycles. The van der Waals surface area contributed by atoms with Crippen LogP contribution in [-0.2, 0) is 4.84 Å². The molecule has 0 unspecified atom stereocenters. The molecule has 0 rings (SSSR count). The topological polar surface area (TPSA) is 55.5 Å². The molecule has 0 aromatic heterocycles. The van der Waals surface area contributed by atoms with E-state index in [-0.39, 0.29) is 0 Å². The van der Waals surface area contributed by atoms with Gasteiger partial charge in [-0.2, -0.15) is 5.90 Å². The lowest BCUT2D eigenvalue weighted by atomic mass is 11.5. The SMILES string of the molecule is NOC(O)=S. The summed E-state index contributed by atoms with van der Waals surface area (Å²) in [7, 11) is 0. The van der Waals surface area contributed by atoms with E-state index in [2.05, 4.69) is 23.0 Å². The molecule has 0 aromatic rings. The van der Waals surface area contributed by atoms with Crippen LogP contribution in [-0.4, -0.2) is 10.3 Å². The Kier molecular flexibility index (Phi) is 1.79. The van der Waals surface area contributed by atoms with Gasteiger partial charge < -0.3 is 9.94 Å². The second-order valence-corrected chi connectivity index (χ2v) is 0.733. The number of nitrogens with two attached hydrogens (primary N) is 1. The van der Waals surface area contributed by atoms with E-state index in [9.17, 15) is 0 Å². The molecule has 4 heteroatoms. The number of rotatable bonds is 0. The molecule has 0 spiro atoms. The van der Waals surface area contributed by atoms with Crippen LogP contribution >= 0.6 is 12.2 Å². The summed E-state index contributed by atoms with van der Waals surface area (Å²) >= 11 is 3.91. The third-order valence-corrected chi connectivity index (χ3v) is 0.197. The zero-order chi connectivity index (χ0) is 4.28. The van der Waals surface area contributed by atoms with E-state index in [0.29, 0.717) is 0 Å². The lowest BCUT2D eigenvalue weighted by Crippen LogP contribution is -2.04. The molecule has 0 aliphatic heterocycles. The molecule has 0 radical (unpaired) electrons. The van der Waals surface area contributed by atoms with Crippen molar-refractivity contribution in [1.82, 2.24) is 0 Å². The molecular weight excluding hydrogens is 90.1 g/mol. The van der Waals surface area contributed by atoms with Gasteiger partial charge in [-0.05, 0) is 0 Å². The Balaban J connectivity index is 2.85. The van der Waals surface area contributed by atoms with Crippen LogP contribution in [0.4, 0.5) is 0 Å². The highest BCUT2D eigenvalue weighted by Crippen LogP contribution is 1.58. The summed E-state index contributed by atoms with van der Waals surface area (Å²) in [4.78, 5) is 3.54. The van der Waals surface area contributed by atoms with Crippen LogP contribution in [0.2, 0.25) is 0 Å². The third kappa shape index (κ3) is 3.65. The lowest BCUT2D eigenvalue weighted by Gasteiger charge is -1.82. The summed E-state index contributed by atoms with van der Waals surface area (Å²) in [5, 5.41) is 7.11. The van der Waals surface area contributed by atoms with E-state index in [1.165, 1.54) is 0 Å². The van der Waals surface area contributed by atoms with Crippen molar-refractivity contribution in [2.75, 3.05) is 0 Å². The highest BCUT2D eigenvalue weighted by atomic mass is 32.1. The van der Waals surface area contributed by atoms with Gasteiger partial charge in [-0.15, -0.1) is 0 Å². The van der Waals surface area contributed by atoms with E-state index >= 15 is 0 Å². The normalized spacial score (nSPS) is 6.60. The summed E-state index contributed by atoms with van der Waals surface area (Å²) in [6.07, 6.45) is 0. The molecule has 0 bridgehead atoms. The summed E-state index contributed by atoms with van der Waals surface area (Å²) in [5.41, 5.74) is 0. The highest BCUT2D eigenvalue weighted by Gasteiger charge is 1.74. The minimum Gasteiger partial charge on any atom is -0.471 e. The Hall–Kier alpha value is -0.350. The van der Waals surface area contributed by atoms with Crippen LogP contribution in [0.25, 0.3) is 0 Å². The molecular formula is CH3NO2S. The van der Waals surface area contributed by atoms with Gasteiger partial charge in [-0.3, -0.25) is 0 Å². The van der Waals surface area contributed by atoms with Gasteiger partial charge in [0.15, 0.2) is 0 Å². The van der Waals surface area contributed by atoms with Crippen LogP contribution in [0.1, 0.15) is 0 Å². The van der Waals surface area contributed by atoms with Gasteiger partial charge in [-0.1, -0.05) is 0 Å². The van der Waals surface area contributed by atoms with Crippen molar-refractivity contribution in [2.24, 2.45) is 5.90 Å². The average Bonchev–Trinajstić information content (AvgIpc) is 1.38. The zero-order valence-corrected chi connectivity index (χ0v) is 3.16. The minimum absolute atomic E-state index is 0.634. The van der Waals surface area contributed by atoms with Crippen molar-refractivity contribution in [3.8, 4) is 0 Å². The number of aliphatic hydroxyl groups is 1. The lowest BCUT2D eigenvalue weighted by molar-refractivity contribution is 0.250. The number of hydrogen-bond donors (Lipinski definition) is 2. The van der Waals surface area contributed by atoms with Gasteiger partial charge in [0.25, 0.3) is 0 Å². The first-order valence-corrected chi connectivity index (χ1v) is 1.28. The molecule has 0 saturated heterocycles. The van der Waals surface area contributed by atoms with Crippen LogP contribution in [0, 0.1) is 0 Å². The molecule has 0 heterocycles. The monoisotopic (exact) mass is 93.0 g/mol. The first-order chi connectivity index (χ1) is 2.27. The number of aliphatic hydroxyl groups excluding tert-OH is 1. The molecule has 0 fully saturated rings. The zero-order valence-electron chi connectivity index (χ0n) is 2.34. The van der Waals surface area contributed by atoms with Gasteiger partial charge in [0.1, 0.15) is 0 Å². The smallest absolute Gasteiger partial charge is 0.368 e. The molecule has 30 valence electrons. The van der Waals surface area contributed by atoms with Crippen molar-refractivity contribution >= 4 is 17.5 Å². The van der Waals surface area contributed by atoms with Gasteiger partial charge in [0, 0.05) is 12.2 Å². The molecule has 0 aliphatic carbocycles. The van der Waals surface area contributed by atoms with Gasteiger partial charge >= 0.3 is 5.24 Å². The Labute approximate surface area is 34.3 Å². The molecule has 0 amide bonds. The van der Waals surface area contributed by atoms with Crippen molar-refractivity contribution in [1.29, 1.82) is 0 Å². The molecule has 5 heavy (non-hydrogen) atoms. The summed E-state index contributed by atoms with van der Waals surface area (Å²) < 4.78 is 0. The molecule has 0 aliphatic rings. The van der Waals surface area contributed by atoms with Gasteiger partial charge in [0.05, 0.1) is 0 Å². The maximum atomic E-state index is 7.75. The Morgan fingerprint density at radius 1 is 2.00 bits per heavy atom. The fourth-order valence-corrected chi connectivity index (χ4v) is 0. The fourth-order valence-electron chi connectivity index (χ4n) is 0. The van der Waals surface area contributed by atoms with Crippen molar-refractivity contribution in [2.45, 2.75) is 0 Å². The van der Waals surface area contributed by atoms with Crippen molar-refractivity contribution in [3.05, 3.63) is 0 Å². The van der Waals surface area contributed by atoms with Crippen LogP contribution in [0.5, 0.6) is 0 Å². The Morgan fingerprint density at radius 3 is 2.20 bits per heavy atom. The summed E-state index contributed by atoms with van der Waals surface area (Å²) in [6.45, 7) is 0. The standard InChI is InChI=1S/CH3NO2S/c2-4-1(3)5/h2H2,(H,3,5). The van der Waals surface area contributed by atoms with Crippen LogP contribution in [0.15, 0.2) is 0 Å².